The topological polar surface area (TPSA) is 38.5 Å². The molecule has 0 aromatic heterocycles. The third kappa shape index (κ3) is 1.96. The van der Waals surface area contributed by atoms with Crippen LogP contribution in [-0.4, -0.2) is 23.1 Å². The third-order valence-electron chi connectivity index (χ3n) is 5.23. The van der Waals surface area contributed by atoms with Gasteiger partial charge in [-0.3, -0.25) is 4.90 Å². The van der Waals surface area contributed by atoms with Crippen molar-refractivity contribution in [1.29, 1.82) is 0 Å². The van der Waals surface area contributed by atoms with Gasteiger partial charge in [-0.1, -0.05) is 6.07 Å². The molecular formula is C16H22N2O. The van der Waals surface area contributed by atoms with Gasteiger partial charge in [0.15, 0.2) is 0 Å². The predicted octanol–water partition coefficient (Wildman–Crippen LogP) is 2.69. The Bertz CT molecular complexity index is 496. The maximum atomic E-state index is 6.04. The first-order chi connectivity index (χ1) is 9.24. The summed E-state index contributed by atoms with van der Waals surface area (Å²) in [6.07, 6.45) is 6.32. The van der Waals surface area contributed by atoms with E-state index < -0.39 is 0 Å². The normalized spacial score (nSPS) is 29.2. The van der Waals surface area contributed by atoms with Crippen molar-refractivity contribution in [1.82, 2.24) is 4.90 Å². The molecule has 1 atom stereocenters. The highest BCUT2D eigenvalue weighted by Crippen LogP contribution is 2.44. The number of hydrogen-bond acceptors (Lipinski definition) is 3. The minimum absolute atomic E-state index is 0.247. The van der Waals surface area contributed by atoms with Gasteiger partial charge >= 0.3 is 0 Å². The summed E-state index contributed by atoms with van der Waals surface area (Å²) in [5, 5.41) is 0. The molecule has 2 fully saturated rings. The van der Waals surface area contributed by atoms with Crippen LogP contribution in [0.25, 0.3) is 0 Å². The third-order valence-corrected chi connectivity index (χ3v) is 5.23. The van der Waals surface area contributed by atoms with E-state index in [2.05, 4.69) is 17.0 Å². The van der Waals surface area contributed by atoms with Crippen molar-refractivity contribution in [2.75, 3.05) is 12.3 Å². The molecule has 1 saturated heterocycles. The molecule has 0 radical (unpaired) electrons. The molecule has 3 nitrogen and oxygen atoms in total. The first kappa shape index (κ1) is 11.7. The molecule has 1 aromatic rings. The average Bonchev–Trinajstić information content (AvgIpc) is 2.80. The molecule has 1 spiro atoms. The van der Waals surface area contributed by atoms with Crippen LogP contribution >= 0.6 is 0 Å². The average molecular weight is 258 g/mol. The van der Waals surface area contributed by atoms with Gasteiger partial charge in [-0.25, -0.2) is 0 Å². The van der Waals surface area contributed by atoms with Crippen LogP contribution in [-0.2, 0) is 17.8 Å². The van der Waals surface area contributed by atoms with E-state index in [1.54, 1.807) is 0 Å². The van der Waals surface area contributed by atoms with E-state index in [0.717, 1.165) is 25.4 Å². The zero-order valence-electron chi connectivity index (χ0n) is 11.4. The fourth-order valence-corrected chi connectivity index (χ4v) is 3.93. The molecule has 1 unspecified atom stereocenters. The zero-order valence-corrected chi connectivity index (χ0v) is 11.4. The number of benzene rings is 1. The molecule has 3 aliphatic rings. The summed E-state index contributed by atoms with van der Waals surface area (Å²) in [6.45, 7) is 3.11. The highest BCUT2D eigenvalue weighted by atomic mass is 16.5. The summed E-state index contributed by atoms with van der Waals surface area (Å²) < 4.78 is 6.04. The van der Waals surface area contributed by atoms with Crippen molar-refractivity contribution in [3.8, 4) is 0 Å². The summed E-state index contributed by atoms with van der Waals surface area (Å²) in [6, 6.07) is 7.07. The molecule has 3 heteroatoms. The van der Waals surface area contributed by atoms with Gasteiger partial charge in [0.05, 0.1) is 5.60 Å². The monoisotopic (exact) mass is 258 g/mol. The standard InChI is InChI=1S/C16H22N2O/c17-14-3-2-12-10-18(11-13(12)8-14)15-4-7-19-16(9-15)5-1-6-16/h2-3,8,15H,1,4-7,9-11,17H2. The molecule has 2 aliphatic heterocycles. The maximum absolute atomic E-state index is 6.04. The van der Waals surface area contributed by atoms with Crippen molar-refractivity contribution in [2.45, 2.75) is 56.8 Å². The summed E-state index contributed by atoms with van der Waals surface area (Å²) in [7, 11) is 0. The Morgan fingerprint density at radius 1 is 1.21 bits per heavy atom. The Labute approximate surface area is 114 Å². The smallest absolute Gasteiger partial charge is 0.0697 e. The first-order valence-corrected chi connectivity index (χ1v) is 7.49. The van der Waals surface area contributed by atoms with Gasteiger partial charge in [0.25, 0.3) is 0 Å². The number of nitrogens with zero attached hydrogens (tertiary/aromatic N) is 1. The second-order valence-corrected chi connectivity index (χ2v) is 6.46. The van der Waals surface area contributed by atoms with Crippen LogP contribution in [0.1, 0.15) is 43.2 Å². The minimum atomic E-state index is 0.247. The van der Waals surface area contributed by atoms with Gasteiger partial charge < -0.3 is 10.5 Å². The lowest BCUT2D eigenvalue weighted by atomic mass is 9.73. The van der Waals surface area contributed by atoms with E-state index in [-0.39, 0.29) is 5.60 Å². The molecule has 4 rings (SSSR count). The number of rotatable bonds is 1. The van der Waals surface area contributed by atoms with E-state index in [1.807, 2.05) is 6.07 Å². The van der Waals surface area contributed by atoms with Crippen LogP contribution < -0.4 is 5.73 Å². The largest absolute Gasteiger partial charge is 0.399 e. The lowest BCUT2D eigenvalue weighted by molar-refractivity contribution is -0.149. The number of fused-ring (bicyclic) bond motifs is 1. The number of anilines is 1. The van der Waals surface area contributed by atoms with Gasteiger partial charge in [-0.2, -0.15) is 0 Å². The fourth-order valence-electron chi connectivity index (χ4n) is 3.93. The van der Waals surface area contributed by atoms with Crippen molar-refractivity contribution in [3.05, 3.63) is 29.3 Å². The van der Waals surface area contributed by atoms with Gasteiger partial charge in [-0.05, 0) is 55.4 Å². The fraction of sp³-hybridized carbons (Fsp3) is 0.625. The molecule has 0 bridgehead atoms. The molecule has 2 heterocycles. The van der Waals surface area contributed by atoms with Crippen molar-refractivity contribution >= 4 is 5.69 Å². The Morgan fingerprint density at radius 3 is 2.84 bits per heavy atom. The van der Waals surface area contributed by atoms with Crippen LogP contribution in [0, 0.1) is 0 Å². The molecule has 102 valence electrons. The van der Waals surface area contributed by atoms with Gasteiger partial charge in [0.1, 0.15) is 0 Å². The number of hydrogen-bond donors (Lipinski definition) is 1. The van der Waals surface area contributed by atoms with E-state index in [9.17, 15) is 0 Å². The van der Waals surface area contributed by atoms with E-state index in [4.69, 9.17) is 10.5 Å². The highest BCUT2D eigenvalue weighted by molar-refractivity contribution is 5.46. The van der Waals surface area contributed by atoms with Crippen molar-refractivity contribution in [2.24, 2.45) is 0 Å². The molecular weight excluding hydrogens is 236 g/mol. The van der Waals surface area contributed by atoms with Crippen LogP contribution in [0.5, 0.6) is 0 Å². The summed E-state index contributed by atoms with van der Waals surface area (Å²) >= 11 is 0. The second kappa shape index (κ2) is 4.22. The van der Waals surface area contributed by atoms with E-state index >= 15 is 0 Å². The van der Waals surface area contributed by atoms with Gasteiger partial charge in [0.2, 0.25) is 0 Å². The SMILES string of the molecule is Nc1ccc2c(c1)CN(C1CCOC3(CCC3)C1)C2. The lowest BCUT2D eigenvalue weighted by Crippen LogP contribution is -2.51. The summed E-state index contributed by atoms with van der Waals surface area (Å²) in [5.74, 6) is 0. The van der Waals surface area contributed by atoms with E-state index in [0.29, 0.717) is 6.04 Å². The number of nitrogens with two attached hydrogens (primary N) is 1. The van der Waals surface area contributed by atoms with Crippen LogP contribution in [0.15, 0.2) is 18.2 Å². The molecule has 1 saturated carbocycles. The molecule has 1 aliphatic carbocycles. The number of ether oxygens (including phenoxy) is 1. The van der Waals surface area contributed by atoms with Gasteiger partial charge in [0, 0.05) is 31.4 Å². The van der Waals surface area contributed by atoms with Crippen molar-refractivity contribution in [3.63, 3.8) is 0 Å². The molecule has 2 N–H and O–H groups in total. The van der Waals surface area contributed by atoms with Crippen LogP contribution in [0.2, 0.25) is 0 Å². The van der Waals surface area contributed by atoms with E-state index in [1.165, 1.54) is 43.2 Å². The molecule has 1 aromatic carbocycles. The van der Waals surface area contributed by atoms with Crippen molar-refractivity contribution < 1.29 is 4.74 Å². The minimum Gasteiger partial charge on any atom is -0.399 e. The van der Waals surface area contributed by atoms with Crippen LogP contribution in [0.4, 0.5) is 5.69 Å². The second-order valence-electron chi connectivity index (χ2n) is 6.46. The molecule has 0 amide bonds. The van der Waals surface area contributed by atoms with Crippen LogP contribution in [0.3, 0.4) is 0 Å². The Balaban J connectivity index is 1.49. The van der Waals surface area contributed by atoms with Gasteiger partial charge in [-0.15, -0.1) is 0 Å². The highest BCUT2D eigenvalue weighted by Gasteiger charge is 2.44. The zero-order chi connectivity index (χ0) is 12.9. The Hall–Kier alpha value is -1.06. The lowest BCUT2D eigenvalue weighted by Gasteiger charge is -2.49. The predicted molar refractivity (Wildman–Crippen MR) is 75.7 cm³/mol. The first-order valence-electron chi connectivity index (χ1n) is 7.49. The Morgan fingerprint density at radius 2 is 2.05 bits per heavy atom. The number of nitrogen functional groups attached to an aromatic ring is 1. The quantitative estimate of drug-likeness (QED) is 0.787. The maximum Gasteiger partial charge on any atom is 0.0697 e. The summed E-state index contributed by atoms with van der Waals surface area (Å²) in [5.41, 5.74) is 9.91. The molecule has 19 heavy (non-hydrogen) atoms. The summed E-state index contributed by atoms with van der Waals surface area (Å²) in [4.78, 5) is 2.63. The Kier molecular flexibility index (Phi) is 2.61.